The van der Waals surface area contributed by atoms with Crippen LogP contribution in [0.1, 0.15) is 57.4 Å². The standard InChI is InChI=1S/C22H30O4/c1-2-25-22(24)21-18(23)15-20(17-11-7-4-8-12-17)26-19(21)14-13-16-9-5-3-6-10-16/h3,5-6,9-10,17,19-21H,2,4,7-8,11-15H2,1H3/t19-,20-,21+/m1/s1. The van der Waals surface area contributed by atoms with Gasteiger partial charge in [-0.1, -0.05) is 49.6 Å². The van der Waals surface area contributed by atoms with Crippen LogP contribution in [0.2, 0.25) is 0 Å². The molecule has 26 heavy (non-hydrogen) atoms. The van der Waals surface area contributed by atoms with E-state index in [1.165, 1.54) is 24.8 Å². The lowest BCUT2D eigenvalue weighted by atomic mass is 9.79. The van der Waals surface area contributed by atoms with Crippen molar-refractivity contribution in [3.63, 3.8) is 0 Å². The number of benzene rings is 1. The number of ether oxygens (including phenoxy) is 2. The van der Waals surface area contributed by atoms with Crippen LogP contribution in [0.3, 0.4) is 0 Å². The van der Waals surface area contributed by atoms with Gasteiger partial charge in [0.05, 0.1) is 18.8 Å². The van der Waals surface area contributed by atoms with Crippen LogP contribution in [-0.4, -0.2) is 30.6 Å². The van der Waals surface area contributed by atoms with E-state index < -0.39 is 11.9 Å². The molecule has 2 aliphatic rings. The average molecular weight is 358 g/mol. The second-order valence-electron chi connectivity index (χ2n) is 7.54. The minimum Gasteiger partial charge on any atom is -0.465 e. The summed E-state index contributed by atoms with van der Waals surface area (Å²) in [5.41, 5.74) is 1.20. The van der Waals surface area contributed by atoms with E-state index in [4.69, 9.17) is 9.47 Å². The molecule has 1 heterocycles. The summed E-state index contributed by atoms with van der Waals surface area (Å²) in [6.45, 7) is 2.07. The van der Waals surface area contributed by atoms with Crippen LogP contribution in [0.25, 0.3) is 0 Å². The number of hydrogen-bond acceptors (Lipinski definition) is 4. The van der Waals surface area contributed by atoms with Crippen molar-refractivity contribution < 1.29 is 19.1 Å². The second-order valence-corrected chi connectivity index (χ2v) is 7.54. The van der Waals surface area contributed by atoms with E-state index in [-0.39, 0.29) is 18.0 Å². The summed E-state index contributed by atoms with van der Waals surface area (Å²) in [4.78, 5) is 25.2. The first-order chi connectivity index (χ1) is 12.7. The van der Waals surface area contributed by atoms with Gasteiger partial charge in [-0.2, -0.15) is 0 Å². The van der Waals surface area contributed by atoms with Crippen molar-refractivity contribution in [2.75, 3.05) is 6.61 Å². The highest BCUT2D eigenvalue weighted by Gasteiger charge is 2.44. The quantitative estimate of drug-likeness (QED) is 0.567. The highest BCUT2D eigenvalue weighted by molar-refractivity contribution is 6.00. The molecule has 1 aliphatic carbocycles. The normalized spacial score (nSPS) is 27.3. The zero-order valence-corrected chi connectivity index (χ0v) is 15.7. The number of hydrogen-bond donors (Lipinski definition) is 0. The summed E-state index contributed by atoms with van der Waals surface area (Å²) in [7, 11) is 0. The Morgan fingerprint density at radius 1 is 1.15 bits per heavy atom. The molecule has 3 atom stereocenters. The van der Waals surface area contributed by atoms with Gasteiger partial charge in [-0.25, -0.2) is 0 Å². The Kier molecular flexibility index (Phi) is 6.84. The van der Waals surface area contributed by atoms with Gasteiger partial charge in [-0.05, 0) is 44.1 Å². The number of carbonyl (C=O) groups is 2. The third kappa shape index (κ3) is 4.73. The molecule has 0 amide bonds. The van der Waals surface area contributed by atoms with Gasteiger partial charge in [-0.15, -0.1) is 0 Å². The van der Waals surface area contributed by atoms with Crippen molar-refractivity contribution in [3.8, 4) is 0 Å². The van der Waals surface area contributed by atoms with E-state index in [0.29, 0.717) is 25.4 Å². The SMILES string of the molecule is CCOC(=O)[C@H]1C(=O)C[C@H](C2CCCCC2)O[C@@H]1CCc1ccccc1. The van der Waals surface area contributed by atoms with Crippen LogP contribution in [0.5, 0.6) is 0 Å². The fourth-order valence-electron chi connectivity index (χ4n) is 4.37. The smallest absolute Gasteiger partial charge is 0.319 e. The summed E-state index contributed by atoms with van der Waals surface area (Å²) in [6.07, 6.45) is 7.39. The first-order valence-electron chi connectivity index (χ1n) is 10.1. The number of aryl methyl sites for hydroxylation is 1. The molecule has 1 saturated carbocycles. The number of Topliss-reactive ketones (excluding diaryl/α,β-unsaturated/α-hetero) is 1. The van der Waals surface area contributed by atoms with E-state index in [2.05, 4.69) is 12.1 Å². The molecule has 0 spiro atoms. The fraction of sp³-hybridized carbons (Fsp3) is 0.636. The first-order valence-corrected chi connectivity index (χ1v) is 10.1. The predicted octanol–water partition coefficient (Wildman–Crippen LogP) is 4.11. The Hall–Kier alpha value is -1.68. The van der Waals surface area contributed by atoms with Crippen LogP contribution < -0.4 is 0 Å². The largest absolute Gasteiger partial charge is 0.465 e. The van der Waals surface area contributed by atoms with Crippen molar-refractivity contribution in [1.82, 2.24) is 0 Å². The Labute approximate surface area is 156 Å². The Morgan fingerprint density at radius 3 is 2.58 bits per heavy atom. The molecule has 0 radical (unpaired) electrons. The van der Waals surface area contributed by atoms with Crippen LogP contribution in [0.15, 0.2) is 30.3 Å². The van der Waals surface area contributed by atoms with E-state index >= 15 is 0 Å². The van der Waals surface area contributed by atoms with Crippen LogP contribution in [0.4, 0.5) is 0 Å². The minimum absolute atomic E-state index is 0.00309. The third-order valence-electron chi connectivity index (χ3n) is 5.75. The lowest BCUT2D eigenvalue weighted by Gasteiger charge is -2.39. The van der Waals surface area contributed by atoms with Crippen molar-refractivity contribution in [1.29, 1.82) is 0 Å². The Morgan fingerprint density at radius 2 is 1.88 bits per heavy atom. The molecule has 142 valence electrons. The fourth-order valence-corrected chi connectivity index (χ4v) is 4.37. The summed E-state index contributed by atoms with van der Waals surface area (Å²) in [5.74, 6) is -0.727. The van der Waals surface area contributed by atoms with Gasteiger partial charge < -0.3 is 9.47 Å². The molecular weight excluding hydrogens is 328 g/mol. The van der Waals surface area contributed by atoms with E-state index in [1.807, 2.05) is 18.2 Å². The Bertz CT molecular complexity index is 591. The Balaban J connectivity index is 1.71. The number of ketones is 1. The highest BCUT2D eigenvalue weighted by Crippen LogP contribution is 2.36. The molecule has 1 aliphatic heterocycles. The van der Waals surface area contributed by atoms with Gasteiger partial charge in [0, 0.05) is 6.42 Å². The van der Waals surface area contributed by atoms with Gasteiger partial charge in [0.2, 0.25) is 0 Å². The average Bonchev–Trinajstić information content (AvgIpc) is 2.67. The van der Waals surface area contributed by atoms with Gasteiger partial charge in [0.25, 0.3) is 0 Å². The maximum absolute atomic E-state index is 12.8. The summed E-state index contributed by atoms with van der Waals surface area (Å²) < 4.78 is 11.6. The van der Waals surface area contributed by atoms with Gasteiger partial charge in [0.1, 0.15) is 5.92 Å². The minimum atomic E-state index is -0.765. The van der Waals surface area contributed by atoms with E-state index in [0.717, 1.165) is 19.3 Å². The molecule has 3 rings (SSSR count). The highest BCUT2D eigenvalue weighted by atomic mass is 16.5. The molecule has 4 heteroatoms. The van der Waals surface area contributed by atoms with Crippen molar-refractivity contribution in [2.24, 2.45) is 11.8 Å². The lowest BCUT2D eigenvalue weighted by Crippen LogP contribution is -2.48. The number of rotatable bonds is 6. The molecule has 1 aromatic rings. The van der Waals surface area contributed by atoms with E-state index in [9.17, 15) is 9.59 Å². The molecule has 0 bridgehead atoms. The summed E-state index contributed by atoms with van der Waals surface area (Å²) in [5, 5.41) is 0. The zero-order chi connectivity index (χ0) is 18.4. The van der Waals surface area contributed by atoms with Crippen LogP contribution in [0, 0.1) is 11.8 Å². The number of carbonyl (C=O) groups excluding carboxylic acids is 2. The molecule has 0 N–H and O–H groups in total. The zero-order valence-electron chi connectivity index (χ0n) is 15.7. The summed E-state index contributed by atoms with van der Waals surface area (Å²) >= 11 is 0. The maximum Gasteiger partial charge on any atom is 0.319 e. The predicted molar refractivity (Wildman–Crippen MR) is 99.7 cm³/mol. The molecule has 0 aromatic heterocycles. The van der Waals surface area contributed by atoms with Crippen molar-refractivity contribution in [3.05, 3.63) is 35.9 Å². The first kappa shape index (κ1) is 19.1. The van der Waals surface area contributed by atoms with Crippen molar-refractivity contribution in [2.45, 2.75) is 70.5 Å². The van der Waals surface area contributed by atoms with E-state index in [1.54, 1.807) is 6.92 Å². The topological polar surface area (TPSA) is 52.6 Å². The number of esters is 1. The van der Waals surface area contributed by atoms with Crippen LogP contribution in [-0.2, 0) is 25.5 Å². The molecule has 0 unspecified atom stereocenters. The summed E-state index contributed by atoms with van der Waals surface area (Å²) in [6, 6.07) is 10.2. The van der Waals surface area contributed by atoms with Gasteiger partial charge in [0.15, 0.2) is 5.78 Å². The molecule has 2 fully saturated rings. The third-order valence-corrected chi connectivity index (χ3v) is 5.75. The monoisotopic (exact) mass is 358 g/mol. The molecule has 1 saturated heterocycles. The van der Waals surface area contributed by atoms with Gasteiger partial charge >= 0.3 is 5.97 Å². The van der Waals surface area contributed by atoms with Gasteiger partial charge in [-0.3, -0.25) is 9.59 Å². The molecular formula is C22H30O4. The second kappa shape index (κ2) is 9.31. The molecule has 4 nitrogen and oxygen atoms in total. The maximum atomic E-state index is 12.8. The lowest BCUT2D eigenvalue weighted by molar-refractivity contribution is -0.173. The van der Waals surface area contributed by atoms with Crippen LogP contribution >= 0.6 is 0 Å². The van der Waals surface area contributed by atoms with Crippen molar-refractivity contribution >= 4 is 11.8 Å². The molecule has 1 aromatic carbocycles.